The van der Waals surface area contributed by atoms with Gasteiger partial charge in [0.15, 0.2) is 0 Å². The van der Waals surface area contributed by atoms with Crippen LogP contribution in [0.2, 0.25) is 0 Å². The van der Waals surface area contributed by atoms with Gasteiger partial charge in [0.25, 0.3) is 0 Å². The van der Waals surface area contributed by atoms with E-state index in [1.165, 1.54) is 0 Å². The van der Waals surface area contributed by atoms with E-state index in [1.807, 2.05) is 54.6 Å². The maximum atomic E-state index is 11.3. The quantitative estimate of drug-likeness (QED) is 0.735. The van der Waals surface area contributed by atoms with Crippen molar-refractivity contribution in [1.29, 1.82) is 0 Å². The molecule has 2 aromatic carbocycles. The summed E-state index contributed by atoms with van der Waals surface area (Å²) in [5.74, 6) is 1.43. The van der Waals surface area contributed by atoms with E-state index in [9.17, 15) is 4.79 Å². The van der Waals surface area contributed by atoms with E-state index in [0.29, 0.717) is 19.0 Å². The lowest BCUT2D eigenvalue weighted by molar-refractivity contribution is -0.118. The van der Waals surface area contributed by atoms with E-state index >= 15 is 0 Å². The summed E-state index contributed by atoms with van der Waals surface area (Å²) < 4.78 is 11.3. The van der Waals surface area contributed by atoms with E-state index in [4.69, 9.17) is 9.47 Å². The number of rotatable bonds is 8. The van der Waals surface area contributed by atoms with E-state index in [0.717, 1.165) is 11.4 Å². The number of anilines is 1. The van der Waals surface area contributed by atoms with Gasteiger partial charge in [-0.25, -0.2) is 0 Å². The lowest BCUT2D eigenvalue weighted by Crippen LogP contribution is -2.26. The summed E-state index contributed by atoms with van der Waals surface area (Å²) in [7, 11) is 1.60. The third-order valence-electron chi connectivity index (χ3n) is 2.96. The maximum absolute atomic E-state index is 11.3. The van der Waals surface area contributed by atoms with Crippen LogP contribution in [0.25, 0.3) is 0 Å². The monoisotopic (exact) mass is 300 g/mol. The molecule has 0 radical (unpaired) electrons. The van der Waals surface area contributed by atoms with Crippen LogP contribution in [0.4, 0.5) is 5.69 Å². The van der Waals surface area contributed by atoms with E-state index < -0.39 is 0 Å². The van der Waals surface area contributed by atoms with Crippen LogP contribution < -0.4 is 20.1 Å². The first kappa shape index (κ1) is 15.7. The fraction of sp³-hybridized carbons (Fsp3) is 0.235. The Labute approximate surface area is 130 Å². The summed E-state index contributed by atoms with van der Waals surface area (Å²) in [4.78, 5) is 11.3. The molecular weight excluding hydrogens is 280 g/mol. The van der Waals surface area contributed by atoms with E-state index in [1.54, 1.807) is 7.05 Å². The zero-order valence-electron chi connectivity index (χ0n) is 12.5. The van der Waals surface area contributed by atoms with Crippen molar-refractivity contribution in [3.63, 3.8) is 0 Å². The second-order valence-corrected chi connectivity index (χ2v) is 4.53. The molecule has 22 heavy (non-hydrogen) atoms. The molecule has 2 aromatic rings. The van der Waals surface area contributed by atoms with Crippen molar-refractivity contribution in [3.8, 4) is 11.5 Å². The minimum absolute atomic E-state index is 0.0813. The molecule has 2 rings (SSSR count). The van der Waals surface area contributed by atoms with Crippen LogP contribution in [0, 0.1) is 0 Å². The molecule has 0 atom stereocenters. The molecule has 0 saturated heterocycles. The van der Waals surface area contributed by atoms with E-state index in [-0.39, 0.29) is 12.5 Å². The van der Waals surface area contributed by atoms with E-state index in [2.05, 4.69) is 10.6 Å². The van der Waals surface area contributed by atoms with Crippen molar-refractivity contribution in [1.82, 2.24) is 5.32 Å². The highest BCUT2D eigenvalue weighted by Gasteiger charge is 2.04. The summed E-state index contributed by atoms with van der Waals surface area (Å²) in [6, 6.07) is 17.1. The van der Waals surface area contributed by atoms with Crippen molar-refractivity contribution in [3.05, 3.63) is 54.6 Å². The van der Waals surface area contributed by atoms with Crippen molar-refractivity contribution in [2.24, 2.45) is 0 Å². The largest absolute Gasteiger partial charge is 0.490 e. The third kappa shape index (κ3) is 5.01. The lowest BCUT2D eigenvalue weighted by atomic mass is 10.3. The summed E-state index contributed by atoms with van der Waals surface area (Å²) in [6.07, 6.45) is 0. The summed E-state index contributed by atoms with van der Waals surface area (Å²) in [6.45, 7) is 1.08. The summed E-state index contributed by atoms with van der Waals surface area (Å²) in [5.41, 5.74) is 0.783. The number of carbonyl (C=O) groups is 1. The first-order chi connectivity index (χ1) is 10.8. The second-order valence-electron chi connectivity index (χ2n) is 4.53. The number of hydrogen-bond acceptors (Lipinski definition) is 4. The van der Waals surface area contributed by atoms with Crippen LogP contribution in [-0.4, -0.2) is 32.7 Å². The molecular formula is C17H20N2O3. The van der Waals surface area contributed by atoms with Crippen LogP contribution in [0.15, 0.2) is 54.6 Å². The molecule has 0 aromatic heterocycles. The molecule has 0 aliphatic heterocycles. The molecule has 5 nitrogen and oxygen atoms in total. The highest BCUT2D eigenvalue weighted by atomic mass is 16.5. The maximum Gasteiger partial charge on any atom is 0.239 e. The molecule has 0 heterocycles. The summed E-state index contributed by atoms with van der Waals surface area (Å²) in [5, 5.41) is 5.61. The number of ether oxygens (including phenoxy) is 2. The number of likely N-dealkylation sites (N-methyl/N-ethyl adjacent to an activating group) is 1. The highest BCUT2D eigenvalue weighted by Crippen LogP contribution is 2.23. The van der Waals surface area contributed by atoms with Crippen molar-refractivity contribution >= 4 is 11.6 Å². The first-order valence-corrected chi connectivity index (χ1v) is 7.13. The molecule has 2 N–H and O–H groups in total. The predicted octanol–water partition coefficient (Wildman–Crippen LogP) is 2.30. The molecule has 0 fully saturated rings. The zero-order chi connectivity index (χ0) is 15.6. The number of hydrogen-bond donors (Lipinski definition) is 2. The molecule has 0 aliphatic carbocycles. The molecule has 0 saturated carbocycles. The Bertz CT molecular complexity index is 587. The Morgan fingerprint density at radius 1 is 0.955 bits per heavy atom. The first-order valence-electron chi connectivity index (χ1n) is 7.13. The fourth-order valence-corrected chi connectivity index (χ4v) is 1.83. The van der Waals surface area contributed by atoms with Crippen LogP contribution >= 0.6 is 0 Å². The highest BCUT2D eigenvalue weighted by molar-refractivity contribution is 5.80. The number of nitrogens with one attached hydrogen (secondary N) is 2. The number of benzene rings is 2. The van der Waals surface area contributed by atoms with Gasteiger partial charge in [-0.3, -0.25) is 4.79 Å². The summed E-state index contributed by atoms with van der Waals surface area (Å²) >= 11 is 0. The van der Waals surface area contributed by atoms with Gasteiger partial charge >= 0.3 is 0 Å². The Kier molecular flexibility index (Phi) is 6.11. The van der Waals surface area contributed by atoms with Crippen LogP contribution in [0.5, 0.6) is 11.5 Å². The van der Waals surface area contributed by atoms with Gasteiger partial charge in [0.05, 0.1) is 12.2 Å². The minimum atomic E-state index is -0.0813. The van der Waals surface area contributed by atoms with Gasteiger partial charge in [-0.2, -0.15) is 0 Å². The van der Waals surface area contributed by atoms with Gasteiger partial charge in [-0.15, -0.1) is 0 Å². The molecule has 5 heteroatoms. The topological polar surface area (TPSA) is 59.6 Å². The van der Waals surface area contributed by atoms with Crippen molar-refractivity contribution in [2.75, 3.05) is 32.1 Å². The molecule has 0 aliphatic rings. The average molecular weight is 300 g/mol. The SMILES string of the molecule is CNC(=O)CNc1ccccc1OCCOc1ccccc1. The number of carbonyl (C=O) groups excluding carboxylic acids is 1. The fourth-order valence-electron chi connectivity index (χ4n) is 1.83. The molecule has 0 unspecified atom stereocenters. The van der Waals surface area contributed by atoms with Gasteiger partial charge in [0, 0.05) is 7.05 Å². The molecule has 0 spiro atoms. The van der Waals surface area contributed by atoms with Gasteiger partial charge in [0.1, 0.15) is 24.7 Å². The zero-order valence-corrected chi connectivity index (χ0v) is 12.5. The van der Waals surface area contributed by atoms with Crippen molar-refractivity contribution < 1.29 is 14.3 Å². The standard InChI is InChI=1S/C17H20N2O3/c1-18-17(20)13-19-15-9-5-6-10-16(15)22-12-11-21-14-7-3-2-4-8-14/h2-10,19H,11-13H2,1H3,(H,18,20). The lowest BCUT2D eigenvalue weighted by Gasteiger charge is -2.13. The van der Waals surface area contributed by atoms with Gasteiger partial charge in [-0.1, -0.05) is 30.3 Å². The predicted molar refractivity (Wildman–Crippen MR) is 86.4 cm³/mol. The van der Waals surface area contributed by atoms with Gasteiger partial charge < -0.3 is 20.1 Å². The normalized spacial score (nSPS) is 9.86. The Hall–Kier alpha value is -2.69. The van der Waals surface area contributed by atoms with Gasteiger partial charge in [-0.05, 0) is 24.3 Å². The Balaban J connectivity index is 1.80. The smallest absolute Gasteiger partial charge is 0.239 e. The molecule has 116 valence electrons. The van der Waals surface area contributed by atoms with Crippen LogP contribution in [0.3, 0.4) is 0 Å². The molecule has 0 bridgehead atoms. The molecule has 1 amide bonds. The minimum Gasteiger partial charge on any atom is -0.490 e. The second kappa shape index (κ2) is 8.56. The average Bonchev–Trinajstić information content (AvgIpc) is 2.58. The number of para-hydroxylation sites is 3. The number of amides is 1. The van der Waals surface area contributed by atoms with Crippen LogP contribution in [0.1, 0.15) is 0 Å². The van der Waals surface area contributed by atoms with Crippen molar-refractivity contribution in [2.45, 2.75) is 0 Å². The van der Waals surface area contributed by atoms with Crippen LogP contribution in [-0.2, 0) is 4.79 Å². The Morgan fingerprint density at radius 2 is 1.64 bits per heavy atom. The Morgan fingerprint density at radius 3 is 2.41 bits per heavy atom. The third-order valence-corrected chi connectivity index (χ3v) is 2.96. The van der Waals surface area contributed by atoms with Gasteiger partial charge in [0.2, 0.25) is 5.91 Å².